The number of carbonyl (C=O) groups is 2. The molecule has 1 N–H and O–H groups in total. The van der Waals surface area contributed by atoms with Crippen molar-refractivity contribution in [1.29, 1.82) is 0 Å². The van der Waals surface area contributed by atoms with Crippen molar-refractivity contribution in [1.82, 2.24) is 5.32 Å². The average molecular weight is 229 g/mol. The van der Waals surface area contributed by atoms with E-state index < -0.39 is 0 Å². The Balaban J connectivity index is 2.93. The molecule has 0 radical (unpaired) electrons. The molecule has 0 spiro atoms. The zero-order chi connectivity index (χ0) is 12.1. The van der Waals surface area contributed by atoms with Crippen molar-refractivity contribution in [3.63, 3.8) is 0 Å². The predicted molar refractivity (Wildman–Crippen MR) is 63.3 cm³/mol. The predicted octanol–water partition coefficient (Wildman–Crippen LogP) is 1.68. The van der Waals surface area contributed by atoms with Crippen LogP contribution in [0.3, 0.4) is 0 Å². The van der Waals surface area contributed by atoms with Gasteiger partial charge in [0.1, 0.15) is 6.61 Å². The molecular weight excluding hydrogens is 206 g/mol. The molecule has 0 aliphatic heterocycles. The summed E-state index contributed by atoms with van der Waals surface area (Å²) in [4.78, 5) is 20.5. The maximum absolute atomic E-state index is 10.5. The first-order valence-corrected chi connectivity index (χ1v) is 6.01. The van der Waals surface area contributed by atoms with Crippen molar-refractivity contribution in [2.45, 2.75) is 45.4 Å². The van der Waals surface area contributed by atoms with Gasteiger partial charge >= 0.3 is 0 Å². The van der Waals surface area contributed by atoms with E-state index in [4.69, 9.17) is 4.74 Å². The van der Waals surface area contributed by atoms with Gasteiger partial charge in [0.2, 0.25) is 6.41 Å². The topological polar surface area (TPSA) is 55.4 Å². The largest absolute Gasteiger partial charge is 0.374 e. The maximum Gasteiger partial charge on any atom is 0.207 e. The fraction of sp³-hybridized carbons (Fsp3) is 0.833. The molecule has 4 heteroatoms. The molecule has 0 aliphatic carbocycles. The van der Waals surface area contributed by atoms with Gasteiger partial charge in [0, 0.05) is 13.2 Å². The van der Waals surface area contributed by atoms with E-state index in [1.165, 1.54) is 19.8 Å². The lowest BCUT2D eigenvalue weighted by atomic mass is 10.1. The summed E-state index contributed by atoms with van der Waals surface area (Å²) in [6.45, 7) is 3.25. The minimum atomic E-state index is 0.0858. The number of ketones is 1. The van der Waals surface area contributed by atoms with Crippen molar-refractivity contribution < 1.29 is 14.3 Å². The smallest absolute Gasteiger partial charge is 0.207 e. The van der Waals surface area contributed by atoms with E-state index in [9.17, 15) is 9.59 Å². The Morgan fingerprint density at radius 1 is 1.12 bits per heavy atom. The van der Waals surface area contributed by atoms with E-state index in [0.29, 0.717) is 6.61 Å². The second kappa shape index (κ2) is 12.2. The Morgan fingerprint density at radius 3 is 2.38 bits per heavy atom. The van der Waals surface area contributed by atoms with Crippen molar-refractivity contribution in [2.24, 2.45) is 0 Å². The molecule has 0 aromatic heterocycles. The molecule has 0 fully saturated rings. The molecule has 0 saturated heterocycles. The van der Waals surface area contributed by atoms with Gasteiger partial charge in [0.05, 0.1) is 0 Å². The van der Waals surface area contributed by atoms with E-state index in [1.54, 1.807) is 0 Å². The van der Waals surface area contributed by atoms with Gasteiger partial charge in [-0.05, 0) is 19.8 Å². The van der Waals surface area contributed by atoms with Crippen LogP contribution in [0.25, 0.3) is 0 Å². The summed E-state index contributed by atoms with van der Waals surface area (Å²) in [5.74, 6) is 0.0858. The normalized spacial score (nSPS) is 10.1. The molecular formula is C12H23NO3. The molecule has 16 heavy (non-hydrogen) atoms. The van der Waals surface area contributed by atoms with Gasteiger partial charge in [-0.15, -0.1) is 0 Å². The maximum atomic E-state index is 10.5. The van der Waals surface area contributed by atoms with E-state index in [0.717, 1.165) is 38.6 Å². The summed E-state index contributed by atoms with van der Waals surface area (Å²) in [6, 6.07) is 0. The molecule has 0 atom stereocenters. The summed E-state index contributed by atoms with van der Waals surface area (Å²) in [7, 11) is 0. The Hall–Kier alpha value is -0.900. The highest BCUT2D eigenvalue weighted by Crippen LogP contribution is 2.04. The van der Waals surface area contributed by atoms with Crippen LogP contribution in [0.15, 0.2) is 0 Å². The average Bonchev–Trinajstić information content (AvgIpc) is 2.25. The van der Waals surface area contributed by atoms with Crippen LogP contribution < -0.4 is 5.32 Å². The fourth-order valence-corrected chi connectivity index (χ4v) is 1.41. The number of nitrogens with one attached hydrogen (secondary N) is 1. The van der Waals surface area contributed by atoms with Crippen LogP contribution in [-0.4, -0.2) is 32.0 Å². The zero-order valence-corrected chi connectivity index (χ0v) is 10.2. The number of hydrogen-bond donors (Lipinski definition) is 1. The van der Waals surface area contributed by atoms with Crippen LogP contribution in [-0.2, 0) is 14.3 Å². The van der Waals surface area contributed by atoms with Crippen LogP contribution in [0.4, 0.5) is 0 Å². The van der Waals surface area contributed by atoms with Crippen LogP contribution in [0.1, 0.15) is 45.4 Å². The SMILES string of the molecule is CC(=O)COCCCCCCCCNC=O. The van der Waals surface area contributed by atoms with Crippen LogP contribution in [0.5, 0.6) is 0 Å². The van der Waals surface area contributed by atoms with Gasteiger partial charge in [0.15, 0.2) is 5.78 Å². The Morgan fingerprint density at radius 2 is 1.75 bits per heavy atom. The Labute approximate surface area is 97.7 Å². The van der Waals surface area contributed by atoms with Gasteiger partial charge in [-0.25, -0.2) is 0 Å². The highest BCUT2D eigenvalue weighted by Gasteiger charge is 1.94. The second-order valence-corrected chi connectivity index (χ2v) is 3.95. The van der Waals surface area contributed by atoms with E-state index in [2.05, 4.69) is 5.32 Å². The first-order chi connectivity index (χ1) is 7.77. The summed E-state index contributed by atoms with van der Waals surface area (Å²) in [6.07, 6.45) is 7.54. The molecule has 0 aromatic rings. The fourth-order valence-electron chi connectivity index (χ4n) is 1.41. The second-order valence-electron chi connectivity index (χ2n) is 3.95. The summed E-state index contributed by atoms with van der Waals surface area (Å²) >= 11 is 0. The first-order valence-electron chi connectivity index (χ1n) is 6.01. The van der Waals surface area contributed by atoms with Gasteiger partial charge in [-0.3, -0.25) is 9.59 Å². The lowest BCUT2D eigenvalue weighted by Gasteiger charge is -2.02. The minimum Gasteiger partial charge on any atom is -0.374 e. The summed E-state index contributed by atoms with van der Waals surface area (Å²) in [5, 5.41) is 2.65. The number of unbranched alkanes of at least 4 members (excludes halogenated alkanes) is 5. The van der Waals surface area contributed by atoms with Gasteiger partial charge in [-0.1, -0.05) is 25.7 Å². The highest BCUT2D eigenvalue weighted by atomic mass is 16.5. The van der Waals surface area contributed by atoms with Gasteiger partial charge in [0.25, 0.3) is 0 Å². The molecule has 94 valence electrons. The van der Waals surface area contributed by atoms with Crippen LogP contribution >= 0.6 is 0 Å². The number of carbonyl (C=O) groups excluding carboxylic acids is 2. The van der Waals surface area contributed by atoms with E-state index in [-0.39, 0.29) is 12.4 Å². The number of Topliss-reactive ketones (excluding diaryl/α,β-unsaturated/α-hetero) is 1. The molecule has 4 nitrogen and oxygen atoms in total. The number of rotatable bonds is 12. The molecule has 1 amide bonds. The quantitative estimate of drug-likeness (QED) is 0.409. The zero-order valence-electron chi connectivity index (χ0n) is 10.2. The van der Waals surface area contributed by atoms with Crippen molar-refractivity contribution >= 4 is 12.2 Å². The first kappa shape index (κ1) is 15.1. The molecule has 0 rings (SSSR count). The third-order valence-electron chi connectivity index (χ3n) is 2.25. The molecule has 0 bridgehead atoms. The molecule has 0 aromatic carbocycles. The number of ether oxygens (including phenoxy) is 1. The van der Waals surface area contributed by atoms with Crippen molar-refractivity contribution in [3.05, 3.63) is 0 Å². The third-order valence-corrected chi connectivity index (χ3v) is 2.25. The molecule has 0 saturated carbocycles. The molecule has 0 heterocycles. The van der Waals surface area contributed by atoms with Gasteiger partial charge < -0.3 is 10.1 Å². The lowest BCUT2D eigenvalue weighted by Crippen LogP contribution is -2.11. The van der Waals surface area contributed by atoms with Crippen molar-refractivity contribution in [2.75, 3.05) is 19.8 Å². The Kier molecular flexibility index (Phi) is 11.5. The van der Waals surface area contributed by atoms with Crippen molar-refractivity contribution in [3.8, 4) is 0 Å². The third kappa shape index (κ3) is 13.1. The number of amides is 1. The monoisotopic (exact) mass is 229 g/mol. The van der Waals surface area contributed by atoms with Crippen LogP contribution in [0.2, 0.25) is 0 Å². The minimum absolute atomic E-state index is 0.0858. The standard InChI is InChI=1S/C12H23NO3/c1-12(15)10-16-9-7-5-3-2-4-6-8-13-11-14/h11H,2-10H2,1H3,(H,13,14). The van der Waals surface area contributed by atoms with E-state index in [1.807, 2.05) is 0 Å². The van der Waals surface area contributed by atoms with Gasteiger partial charge in [-0.2, -0.15) is 0 Å². The number of hydrogen-bond acceptors (Lipinski definition) is 3. The van der Waals surface area contributed by atoms with E-state index >= 15 is 0 Å². The lowest BCUT2D eigenvalue weighted by molar-refractivity contribution is -0.121. The molecule has 0 unspecified atom stereocenters. The summed E-state index contributed by atoms with van der Waals surface area (Å²) in [5.41, 5.74) is 0. The molecule has 0 aliphatic rings. The Bertz CT molecular complexity index is 183. The summed E-state index contributed by atoms with van der Waals surface area (Å²) < 4.78 is 5.16. The van der Waals surface area contributed by atoms with Crippen LogP contribution in [0, 0.1) is 0 Å². The highest BCUT2D eigenvalue weighted by molar-refractivity contribution is 5.76.